The third-order valence-corrected chi connectivity index (χ3v) is 6.38. The molecular formula is C25H27N5O2. The quantitative estimate of drug-likeness (QED) is 0.695. The highest BCUT2D eigenvalue weighted by molar-refractivity contribution is 5.96. The highest BCUT2D eigenvalue weighted by Crippen LogP contribution is 2.24. The number of aryl methyl sites for hydroxylation is 1. The lowest BCUT2D eigenvalue weighted by molar-refractivity contribution is 0.0709. The molecule has 7 heteroatoms. The Hall–Kier alpha value is -3.61. The Morgan fingerprint density at radius 3 is 2.41 bits per heavy atom. The number of para-hydroxylation sites is 1. The molecule has 2 aromatic carbocycles. The van der Waals surface area contributed by atoms with Gasteiger partial charge in [0.1, 0.15) is 0 Å². The number of anilines is 1. The van der Waals surface area contributed by atoms with Crippen LogP contribution in [0.1, 0.15) is 37.7 Å². The molecule has 0 saturated carbocycles. The number of fused-ring (bicyclic) bond motifs is 1. The molecule has 0 atom stereocenters. The van der Waals surface area contributed by atoms with E-state index in [1.165, 1.54) is 5.69 Å². The van der Waals surface area contributed by atoms with Crippen LogP contribution in [-0.2, 0) is 13.0 Å². The molecule has 7 nitrogen and oxygen atoms in total. The van der Waals surface area contributed by atoms with Crippen LogP contribution in [0.5, 0.6) is 0 Å². The monoisotopic (exact) mass is 429 g/mol. The van der Waals surface area contributed by atoms with Gasteiger partial charge in [-0.15, -0.1) is 0 Å². The van der Waals surface area contributed by atoms with Gasteiger partial charge in [-0.05, 0) is 31.2 Å². The summed E-state index contributed by atoms with van der Waals surface area (Å²) in [4.78, 5) is 32.3. The Morgan fingerprint density at radius 1 is 0.875 bits per heavy atom. The van der Waals surface area contributed by atoms with E-state index in [4.69, 9.17) is 0 Å². The molecule has 0 spiro atoms. The number of H-pyrrole nitrogens is 1. The number of hydrogen-bond acceptors (Lipinski definition) is 4. The van der Waals surface area contributed by atoms with Crippen LogP contribution in [0.25, 0.3) is 0 Å². The number of nitrogens with zero attached hydrogens (tertiary/aromatic N) is 4. The Bertz CT molecular complexity index is 1130. The Morgan fingerprint density at radius 2 is 1.66 bits per heavy atom. The summed E-state index contributed by atoms with van der Waals surface area (Å²) in [5, 5.41) is 7.41. The molecule has 3 heterocycles. The van der Waals surface area contributed by atoms with E-state index in [1.54, 1.807) is 0 Å². The second-order valence-electron chi connectivity index (χ2n) is 8.49. The molecule has 32 heavy (non-hydrogen) atoms. The maximum absolute atomic E-state index is 13.3. The zero-order valence-electron chi connectivity index (χ0n) is 18.3. The van der Waals surface area contributed by atoms with Gasteiger partial charge in [0.25, 0.3) is 11.8 Å². The summed E-state index contributed by atoms with van der Waals surface area (Å²) in [6.07, 6.45) is 0.676. The van der Waals surface area contributed by atoms with Crippen molar-refractivity contribution in [3.8, 4) is 0 Å². The molecule has 2 amide bonds. The van der Waals surface area contributed by atoms with E-state index in [0.717, 1.165) is 29.9 Å². The summed E-state index contributed by atoms with van der Waals surface area (Å²) >= 11 is 0. The van der Waals surface area contributed by atoms with Crippen molar-refractivity contribution in [2.45, 2.75) is 19.9 Å². The zero-order chi connectivity index (χ0) is 22.1. The SMILES string of the molecule is Cc1cccc(C(=O)N2CCc3[nH]nc(C(=O)N4CCN(c5ccccc5)CC4)c3C2)c1. The van der Waals surface area contributed by atoms with Crippen LogP contribution < -0.4 is 4.90 Å². The molecule has 0 radical (unpaired) electrons. The third kappa shape index (κ3) is 3.86. The normalized spacial score (nSPS) is 16.1. The van der Waals surface area contributed by atoms with Crippen molar-refractivity contribution in [1.29, 1.82) is 0 Å². The number of aromatic amines is 1. The van der Waals surface area contributed by atoms with Gasteiger partial charge in [-0.3, -0.25) is 14.7 Å². The number of piperazine rings is 1. The summed E-state index contributed by atoms with van der Waals surface area (Å²) in [5.41, 5.74) is 5.19. The number of aromatic nitrogens is 2. The van der Waals surface area contributed by atoms with E-state index in [-0.39, 0.29) is 11.8 Å². The maximum atomic E-state index is 13.3. The van der Waals surface area contributed by atoms with Crippen LogP contribution in [0.3, 0.4) is 0 Å². The topological polar surface area (TPSA) is 72.5 Å². The van der Waals surface area contributed by atoms with Gasteiger partial charge in [0.05, 0.1) is 6.54 Å². The Labute approximate surface area is 187 Å². The van der Waals surface area contributed by atoms with Crippen LogP contribution in [0.15, 0.2) is 54.6 Å². The van der Waals surface area contributed by atoms with E-state index in [1.807, 2.05) is 59.2 Å². The minimum atomic E-state index is -0.0555. The molecule has 0 unspecified atom stereocenters. The fraction of sp³-hybridized carbons (Fsp3) is 0.320. The molecule has 164 valence electrons. The zero-order valence-corrected chi connectivity index (χ0v) is 18.3. The summed E-state index contributed by atoms with van der Waals surface area (Å²) in [7, 11) is 0. The molecule has 0 aliphatic carbocycles. The highest BCUT2D eigenvalue weighted by atomic mass is 16.2. The number of benzene rings is 2. The number of nitrogens with one attached hydrogen (secondary N) is 1. The van der Waals surface area contributed by atoms with Crippen LogP contribution >= 0.6 is 0 Å². The maximum Gasteiger partial charge on any atom is 0.274 e. The average molecular weight is 430 g/mol. The molecule has 5 rings (SSSR count). The first-order chi connectivity index (χ1) is 15.6. The lowest BCUT2D eigenvalue weighted by atomic mass is 10.0. The van der Waals surface area contributed by atoms with E-state index in [2.05, 4.69) is 27.2 Å². The van der Waals surface area contributed by atoms with Crippen molar-refractivity contribution in [2.75, 3.05) is 37.6 Å². The lowest BCUT2D eigenvalue weighted by Gasteiger charge is -2.36. The Kier molecular flexibility index (Phi) is 5.39. The fourth-order valence-corrected chi connectivity index (χ4v) is 4.56. The standard InChI is InChI=1S/C25H27N5O2/c1-18-6-5-7-19(16-18)24(31)30-11-10-22-21(17-30)23(27-26-22)25(32)29-14-12-28(13-15-29)20-8-3-2-4-9-20/h2-9,16H,10-15,17H2,1H3,(H,26,27). The van der Waals surface area contributed by atoms with Gasteiger partial charge in [0.15, 0.2) is 5.69 Å². The number of amides is 2. The van der Waals surface area contributed by atoms with Crippen LogP contribution in [0.4, 0.5) is 5.69 Å². The summed E-state index contributed by atoms with van der Waals surface area (Å²) in [6, 6.07) is 17.9. The highest BCUT2D eigenvalue weighted by Gasteiger charge is 2.31. The summed E-state index contributed by atoms with van der Waals surface area (Å²) < 4.78 is 0. The van der Waals surface area contributed by atoms with Crippen molar-refractivity contribution in [2.24, 2.45) is 0 Å². The van der Waals surface area contributed by atoms with E-state index >= 15 is 0 Å². The first kappa shape index (κ1) is 20.3. The molecule has 1 fully saturated rings. The predicted octanol–water partition coefficient (Wildman–Crippen LogP) is 2.88. The van der Waals surface area contributed by atoms with Gasteiger partial charge in [-0.2, -0.15) is 5.10 Å². The Balaban J connectivity index is 1.28. The van der Waals surface area contributed by atoms with E-state index in [9.17, 15) is 9.59 Å². The first-order valence-corrected chi connectivity index (χ1v) is 11.1. The molecular weight excluding hydrogens is 402 g/mol. The van der Waals surface area contributed by atoms with Crippen molar-refractivity contribution in [3.63, 3.8) is 0 Å². The van der Waals surface area contributed by atoms with Crippen molar-refractivity contribution >= 4 is 17.5 Å². The van der Waals surface area contributed by atoms with Crippen LogP contribution in [0, 0.1) is 6.92 Å². The summed E-state index contributed by atoms with van der Waals surface area (Å²) in [5.74, 6) is -0.0597. The third-order valence-electron chi connectivity index (χ3n) is 6.38. The number of carbonyl (C=O) groups excluding carboxylic acids is 2. The van der Waals surface area contributed by atoms with E-state index < -0.39 is 0 Å². The molecule has 1 saturated heterocycles. The number of hydrogen-bond donors (Lipinski definition) is 1. The van der Waals surface area contributed by atoms with Gasteiger partial charge in [0, 0.05) is 61.7 Å². The smallest absolute Gasteiger partial charge is 0.274 e. The van der Waals surface area contributed by atoms with Gasteiger partial charge in [0.2, 0.25) is 0 Å². The van der Waals surface area contributed by atoms with Crippen LogP contribution in [0.2, 0.25) is 0 Å². The second-order valence-corrected chi connectivity index (χ2v) is 8.49. The molecule has 3 aromatic rings. The minimum absolute atomic E-state index is 0.00424. The first-order valence-electron chi connectivity index (χ1n) is 11.1. The number of rotatable bonds is 3. The summed E-state index contributed by atoms with van der Waals surface area (Å²) in [6.45, 7) is 5.90. The van der Waals surface area contributed by atoms with E-state index in [0.29, 0.717) is 43.9 Å². The van der Waals surface area contributed by atoms with Crippen molar-refractivity contribution in [1.82, 2.24) is 20.0 Å². The average Bonchev–Trinajstić information content (AvgIpc) is 3.27. The molecule has 0 bridgehead atoms. The largest absolute Gasteiger partial charge is 0.368 e. The predicted molar refractivity (Wildman–Crippen MR) is 123 cm³/mol. The fourth-order valence-electron chi connectivity index (χ4n) is 4.56. The van der Waals surface area contributed by atoms with Gasteiger partial charge in [-0.25, -0.2) is 0 Å². The number of carbonyl (C=O) groups is 2. The van der Waals surface area contributed by atoms with Crippen molar-refractivity contribution < 1.29 is 9.59 Å². The van der Waals surface area contributed by atoms with Gasteiger partial charge >= 0.3 is 0 Å². The van der Waals surface area contributed by atoms with Crippen molar-refractivity contribution in [3.05, 3.63) is 82.7 Å². The minimum Gasteiger partial charge on any atom is -0.368 e. The van der Waals surface area contributed by atoms with Gasteiger partial charge in [-0.1, -0.05) is 35.9 Å². The molecule has 2 aliphatic rings. The molecule has 1 N–H and O–H groups in total. The second kappa shape index (κ2) is 8.49. The lowest BCUT2D eigenvalue weighted by Crippen LogP contribution is -2.49. The van der Waals surface area contributed by atoms with Crippen LogP contribution in [-0.4, -0.2) is 64.5 Å². The van der Waals surface area contributed by atoms with Gasteiger partial charge < -0.3 is 14.7 Å². The molecule has 1 aromatic heterocycles. The molecule has 2 aliphatic heterocycles.